The second-order valence-electron chi connectivity index (χ2n) is 5.63. The summed E-state index contributed by atoms with van der Waals surface area (Å²) in [5.74, 6) is 1.15. The molecule has 6 heteroatoms. The first-order valence-electron chi connectivity index (χ1n) is 7.66. The van der Waals surface area contributed by atoms with E-state index in [-0.39, 0.29) is 18.6 Å². The van der Waals surface area contributed by atoms with Crippen LogP contribution in [0.25, 0.3) is 11.0 Å². The number of nitrogens with zero attached hydrogens (tertiary/aromatic N) is 1. The second-order valence-corrected chi connectivity index (χ2v) is 6.06. The third kappa shape index (κ3) is 3.68. The Hall–Kier alpha value is -2.53. The molecule has 1 heterocycles. The number of halogens is 1. The third-order valence-electron chi connectivity index (χ3n) is 3.69. The number of rotatable bonds is 5. The lowest BCUT2D eigenvalue weighted by molar-refractivity contribution is -0.123. The van der Waals surface area contributed by atoms with E-state index >= 15 is 0 Å². The van der Waals surface area contributed by atoms with Crippen molar-refractivity contribution in [3.05, 3.63) is 58.9 Å². The van der Waals surface area contributed by atoms with E-state index in [1.807, 2.05) is 38.1 Å². The molecule has 0 aliphatic carbocycles. The topological polar surface area (TPSA) is 67.0 Å². The van der Waals surface area contributed by atoms with Crippen molar-refractivity contribution in [3.63, 3.8) is 0 Å². The number of H-pyrrole nitrogens is 1. The van der Waals surface area contributed by atoms with Crippen molar-refractivity contribution < 1.29 is 9.53 Å². The highest BCUT2D eigenvalue weighted by Crippen LogP contribution is 2.21. The molecule has 124 valence electrons. The number of nitrogens with one attached hydrogen (secondary N) is 2. The standard InChI is InChI=1S/C18H18ClN3O2/c1-11-9-13(19)7-8-16(11)24-10-17(23)20-12(2)18-21-14-5-3-4-6-15(14)22-18/h3-9,12H,10H2,1-2H3,(H,20,23)(H,21,22). The number of aromatic nitrogens is 2. The third-order valence-corrected chi connectivity index (χ3v) is 3.93. The molecule has 0 aliphatic heterocycles. The van der Waals surface area contributed by atoms with Gasteiger partial charge in [-0.25, -0.2) is 4.98 Å². The number of hydrogen-bond donors (Lipinski definition) is 2. The molecule has 3 rings (SSSR count). The summed E-state index contributed by atoms with van der Waals surface area (Å²) in [6.45, 7) is 3.70. The first-order valence-corrected chi connectivity index (χ1v) is 8.03. The highest BCUT2D eigenvalue weighted by Gasteiger charge is 2.14. The van der Waals surface area contributed by atoms with Crippen LogP contribution in [-0.4, -0.2) is 22.5 Å². The van der Waals surface area contributed by atoms with Crippen molar-refractivity contribution >= 4 is 28.5 Å². The Bertz CT molecular complexity index is 843. The number of fused-ring (bicyclic) bond motifs is 1. The molecule has 3 aromatic rings. The van der Waals surface area contributed by atoms with Crippen LogP contribution in [0.4, 0.5) is 0 Å². The van der Waals surface area contributed by atoms with E-state index in [0.717, 1.165) is 16.6 Å². The minimum atomic E-state index is -0.236. The van der Waals surface area contributed by atoms with E-state index in [9.17, 15) is 4.79 Å². The molecule has 0 fully saturated rings. The van der Waals surface area contributed by atoms with Gasteiger partial charge in [0.05, 0.1) is 17.1 Å². The van der Waals surface area contributed by atoms with Gasteiger partial charge < -0.3 is 15.0 Å². The van der Waals surface area contributed by atoms with Crippen molar-refractivity contribution in [2.75, 3.05) is 6.61 Å². The maximum Gasteiger partial charge on any atom is 0.258 e. The summed E-state index contributed by atoms with van der Waals surface area (Å²) in [6, 6.07) is 12.8. The van der Waals surface area contributed by atoms with Crippen molar-refractivity contribution in [2.24, 2.45) is 0 Å². The normalized spacial score (nSPS) is 12.1. The summed E-state index contributed by atoms with van der Waals surface area (Å²) in [6.07, 6.45) is 0. The minimum Gasteiger partial charge on any atom is -0.484 e. The van der Waals surface area contributed by atoms with Crippen molar-refractivity contribution in [2.45, 2.75) is 19.9 Å². The van der Waals surface area contributed by atoms with Crippen LogP contribution in [0, 0.1) is 6.92 Å². The molecule has 0 spiro atoms. The fraction of sp³-hybridized carbons (Fsp3) is 0.222. The Morgan fingerprint density at radius 2 is 2.12 bits per heavy atom. The second kappa shape index (κ2) is 6.93. The number of imidazole rings is 1. The number of para-hydroxylation sites is 2. The van der Waals surface area contributed by atoms with Crippen molar-refractivity contribution in [1.29, 1.82) is 0 Å². The summed E-state index contributed by atoms with van der Waals surface area (Å²) in [5.41, 5.74) is 2.71. The quantitative estimate of drug-likeness (QED) is 0.740. The van der Waals surface area contributed by atoms with Crippen LogP contribution in [0.3, 0.4) is 0 Å². The van der Waals surface area contributed by atoms with Gasteiger partial charge in [-0.05, 0) is 49.7 Å². The monoisotopic (exact) mass is 343 g/mol. The molecule has 0 saturated heterocycles. The number of aryl methyl sites for hydroxylation is 1. The molecule has 5 nitrogen and oxygen atoms in total. The highest BCUT2D eigenvalue weighted by molar-refractivity contribution is 6.30. The first-order chi connectivity index (χ1) is 11.5. The average molecular weight is 344 g/mol. The summed E-state index contributed by atoms with van der Waals surface area (Å²) >= 11 is 5.90. The Balaban J connectivity index is 1.59. The highest BCUT2D eigenvalue weighted by atomic mass is 35.5. The van der Waals surface area contributed by atoms with Crippen LogP contribution < -0.4 is 10.1 Å². The van der Waals surface area contributed by atoms with Crippen LogP contribution in [-0.2, 0) is 4.79 Å². The van der Waals surface area contributed by atoms with E-state index in [1.165, 1.54) is 0 Å². The summed E-state index contributed by atoms with van der Waals surface area (Å²) in [5, 5.41) is 3.52. The van der Waals surface area contributed by atoms with Gasteiger partial charge in [0.15, 0.2) is 6.61 Å². The maximum atomic E-state index is 12.1. The molecule has 1 atom stereocenters. The zero-order valence-electron chi connectivity index (χ0n) is 13.5. The predicted octanol–water partition coefficient (Wildman–Crippen LogP) is 3.78. The molecule has 1 unspecified atom stereocenters. The van der Waals surface area contributed by atoms with E-state index in [2.05, 4.69) is 15.3 Å². The van der Waals surface area contributed by atoms with Gasteiger partial charge in [-0.3, -0.25) is 4.79 Å². The van der Waals surface area contributed by atoms with Gasteiger partial charge in [-0.15, -0.1) is 0 Å². The molecular weight excluding hydrogens is 326 g/mol. The molecule has 0 saturated carbocycles. The Morgan fingerprint density at radius 1 is 1.33 bits per heavy atom. The number of amides is 1. The molecule has 24 heavy (non-hydrogen) atoms. The molecule has 2 aromatic carbocycles. The first kappa shape index (κ1) is 16.3. The van der Waals surface area contributed by atoms with Crippen molar-refractivity contribution in [1.82, 2.24) is 15.3 Å². The molecule has 1 amide bonds. The van der Waals surface area contributed by atoms with Gasteiger partial charge in [-0.2, -0.15) is 0 Å². The summed E-state index contributed by atoms with van der Waals surface area (Å²) < 4.78 is 5.55. The fourth-order valence-corrected chi connectivity index (χ4v) is 2.67. The minimum absolute atomic E-state index is 0.0625. The van der Waals surface area contributed by atoms with Gasteiger partial charge >= 0.3 is 0 Å². The number of hydrogen-bond acceptors (Lipinski definition) is 3. The number of benzene rings is 2. The van der Waals surface area contributed by atoms with Gasteiger partial charge in [0, 0.05) is 5.02 Å². The molecular formula is C18H18ClN3O2. The van der Waals surface area contributed by atoms with Gasteiger partial charge in [0.1, 0.15) is 11.6 Å². The lowest BCUT2D eigenvalue weighted by atomic mass is 10.2. The number of ether oxygens (including phenoxy) is 1. The SMILES string of the molecule is Cc1cc(Cl)ccc1OCC(=O)NC(C)c1nc2ccccc2[nH]1. The van der Waals surface area contributed by atoms with Gasteiger partial charge in [0.2, 0.25) is 0 Å². The predicted molar refractivity (Wildman–Crippen MR) is 94.3 cm³/mol. The number of carbonyl (C=O) groups excluding carboxylic acids is 1. The average Bonchev–Trinajstić information content (AvgIpc) is 2.98. The fourth-order valence-electron chi connectivity index (χ4n) is 2.45. The lowest BCUT2D eigenvalue weighted by Gasteiger charge is -2.13. The van der Waals surface area contributed by atoms with Crippen LogP contribution in [0.5, 0.6) is 5.75 Å². The van der Waals surface area contributed by atoms with Crippen LogP contribution in [0.15, 0.2) is 42.5 Å². The van der Waals surface area contributed by atoms with E-state index in [1.54, 1.807) is 18.2 Å². The Labute approximate surface area is 145 Å². The number of carbonyl (C=O) groups is 1. The number of aromatic amines is 1. The Kier molecular flexibility index (Phi) is 4.71. The van der Waals surface area contributed by atoms with E-state index in [4.69, 9.17) is 16.3 Å². The van der Waals surface area contributed by atoms with Gasteiger partial charge in [0.25, 0.3) is 5.91 Å². The summed E-state index contributed by atoms with van der Waals surface area (Å²) in [7, 11) is 0. The van der Waals surface area contributed by atoms with Crippen LogP contribution in [0.2, 0.25) is 5.02 Å². The van der Waals surface area contributed by atoms with Crippen molar-refractivity contribution in [3.8, 4) is 5.75 Å². The van der Waals surface area contributed by atoms with E-state index in [0.29, 0.717) is 16.6 Å². The molecule has 2 N–H and O–H groups in total. The van der Waals surface area contributed by atoms with Gasteiger partial charge in [-0.1, -0.05) is 23.7 Å². The largest absolute Gasteiger partial charge is 0.484 e. The van der Waals surface area contributed by atoms with Crippen LogP contribution in [0.1, 0.15) is 24.4 Å². The lowest BCUT2D eigenvalue weighted by Crippen LogP contribution is -2.31. The Morgan fingerprint density at radius 3 is 2.88 bits per heavy atom. The summed E-state index contributed by atoms with van der Waals surface area (Å²) in [4.78, 5) is 19.8. The molecule has 0 radical (unpaired) electrons. The molecule has 0 aliphatic rings. The zero-order valence-corrected chi connectivity index (χ0v) is 14.2. The zero-order chi connectivity index (χ0) is 17.1. The smallest absolute Gasteiger partial charge is 0.258 e. The van der Waals surface area contributed by atoms with E-state index < -0.39 is 0 Å². The maximum absolute atomic E-state index is 12.1. The molecule has 1 aromatic heterocycles. The molecule has 0 bridgehead atoms. The van der Waals surface area contributed by atoms with Crippen LogP contribution >= 0.6 is 11.6 Å².